The van der Waals surface area contributed by atoms with E-state index >= 15 is 0 Å². The van der Waals surface area contributed by atoms with Gasteiger partial charge in [-0.25, -0.2) is 0 Å². The molecule has 2 atom stereocenters. The minimum absolute atomic E-state index is 0.0306. The van der Waals surface area contributed by atoms with Crippen LogP contribution < -0.4 is 15.5 Å². The summed E-state index contributed by atoms with van der Waals surface area (Å²) < 4.78 is 5.34. The number of carbonyl (C=O) groups is 2. The van der Waals surface area contributed by atoms with Gasteiger partial charge >= 0.3 is 11.8 Å². The van der Waals surface area contributed by atoms with Gasteiger partial charge in [-0.1, -0.05) is 24.3 Å². The lowest BCUT2D eigenvalue weighted by Crippen LogP contribution is -2.54. The second-order valence-electron chi connectivity index (χ2n) is 8.79. The van der Waals surface area contributed by atoms with E-state index in [0.717, 1.165) is 59.0 Å². The molecule has 2 aromatic rings. The van der Waals surface area contributed by atoms with Gasteiger partial charge < -0.3 is 20.3 Å². The number of para-hydroxylation sites is 1. The van der Waals surface area contributed by atoms with Gasteiger partial charge in [0.05, 0.1) is 19.3 Å². The summed E-state index contributed by atoms with van der Waals surface area (Å²) in [4.78, 5) is 33.3. The molecule has 4 rings (SSSR count). The first-order chi connectivity index (χ1) is 16.6. The van der Waals surface area contributed by atoms with Crippen LogP contribution in [0.25, 0.3) is 0 Å². The number of piperazine rings is 1. The molecule has 0 saturated carbocycles. The lowest BCUT2D eigenvalue weighted by atomic mass is 10.0. The zero-order valence-electron chi connectivity index (χ0n) is 19.8. The number of benzene rings is 1. The van der Waals surface area contributed by atoms with Gasteiger partial charge in [-0.05, 0) is 30.5 Å². The molecule has 2 amide bonds. The van der Waals surface area contributed by atoms with Gasteiger partial charge in [-0.15, -0.1) is 11.3 Å². The van der Waals surface area contributed by atoms with E-state index in [1.807, 2.05) is 19.1 Å². The van der Waals surface area contributed by atoms with E-state index in [2.05, 4.69) is 61.0 Å². The Kier molecular flexibility index (Phi) is 8.92. The van der Waals surface area contributed by atoms with E-state index in [0.29, 0.717) is 6.54 Å². The Morgan fingerprint density at radius 3 is 2.38 bits per heavy atom. The highest BCUT2D eigenvalue weighted by Gasteiger charge is 2.32. The van der Waals surface area contributed by atoms with E-state index in [4.69, 9.17) is 4.74 Å². The van der Waals surface area contributed by atoms with Crippen molar-refractivity contribution in [3.05, 3.63) is 52.7 Å². The molecule has 1 aromatic carbocycles. The number of rotatable bonds is 8. The van der Waals surface area contributed by atoms with Crippen molar-refractivity contribution in [2.75, 3.05) is 70.5 Å². The molecule has 2 aliphatic rings. The van der Waals surface area contributed by atoms with Crippen molar-refractivity contribution in [2.24, 2.45) is 0 Å². The molecule has 0 bridgehead atoms. The molecular weight excluding hydrogens is 450 g/mol. The van der Waals surface area contributed by atoms with Crippen LogP contribution in [0.5, 0.6) is 0 Å². The molecule has 2 saturated heterocycles. The highest BCUT2D eigenvalue weighted by Crippen LogP contribution is 2.30. The average Bonchev–Trinajstić information content (AvgIpc) is 3.40. The molecule has 1 aromatic heterocycles. The molecule has 0 aliphatic carbocycles. The number of ether oxygens (including phenoxy) is 1. The predicted molar refractivity (Wildman–Crippen MR) is 135 cm³/mol. The molecule has 34 heavy (non-hydrogen) atoms. The topological polar surface area (TPSA) is 77.1 Å². The second kappa shape index (κ2) is 12.3. The second-order valence-corrected chi connectivity index (χ2v) is 9.77. The van der Waals surface area contributed by atoms with Crippen molar-refractivity contribution < 1.29 is 14.3 Å². The Morgan fingerprint density at radius 1 is 0.971 bits per heavy atom. The normalized spacial score (nSPS) is 19.4. The number of nitrogens with zero attached hydrogens (tertiary/aromatic N) is 3. The first kappa shape index (κ1) is 24.7. The largest absolute Gasteiger partial charge is 0.379 e. The summed E-state index contributed by atoms with van der Waals surface area (Å²) in [6.45, 7) is 9.96. The number of amides is 2. The van der Waals surface area contributed by atoms with Gasteiger partial charge in [0.2, 0.25) is 0 Å². The number of hydrogen-bond acceptors (Lipinski definition) is 7. The van der Waals surface area contributed by atoms with Crippen LogP contribution in [0.2, 0.25) is 0 Å². The van der Waals surface area contributed by atoms with Crippen molar-refractivity contribution in [3.8, 4) is 0 Å². The van der Waals surface area contributed by atoms with Crippen LogP contribution in [0.4, 0.5) is 5.69 Å². The van der Waals surface area contributed by atoms with Crippen molar-refractivity contribution in [2.45, 2.75) is 19.0 Å². The standard InChI is InChI=1S/C25H35N5O3S/c1-20(27-25(32)24(31)26-9-10-28-15-17-33-18-16-28)23(22-8-5-19-34-22)30-13-11-29(12-14-30)21-6-3-2-4-7-21/h2-8,19-20,23H,9-18H2,1H3,(H,26,31)(H,27,32)/t20-,23-/m0/s1. The highest BCUT2D eigenvalue weighted by atomic mass is 32.1. The fraction of sp³-hybridized carbons (Fsp3) is 0.520. The van der Waals surface area contributed by atoms with Crippen molar-refractivity contribution >= 4 is 28.8 Å². The fourth-order valence-electron chi connectivity index (χ4n) is 4.68. The number of carbonyl (C=O) groups excluding carboxylic acids is 2. The zero-order chi connectivity index (χ0) is 23.8. The molecule has 2 N–H and O–H groups in total. The molecule has 0 radical (unpaired) electrons. The summed E-state index contributed by atoms with van der Waals surface area (Å²) in [5, 5.41) is 7.79. The van der Waals surface area contributed by atoms with Crippen molar-refractivity contribution in [1.29, 1.82) is 0 Å². The Morgan fingerprint density at radius 2 is 1.71 bits per heavy atom. The Hall–Kier alpha value is -2.46. The van der Waals surface area contributed by atoms with Crippen LogP contribution in [0.1, 0.15) is 17.8 Å². The Bertz CT molecular complexity index is 897. The molecule has 0 unspecified atom stereocenters. The van der Waals surface area contributed by atoms with Gasteiger partial charge in [0.1, 0.15) is 0 Å². The molecule has 0 spiro atoms. The first-order valence-corrected chi connectivity index (χ1v) is 13.0. The van der Waals surface area contributed by atoms with E-state index < -0.39 is 11.8 Å². The fourth-order valence-corrected chi connectivity index (χ4v) is 5.65. The summed E-state index contributed by atoms with van der Waals surface area (Å²) in [7, 11) is 0. The zero-order valence-corrected chi connectivity index (χ0v) is 20.6. The average molecular weight is 486 g/mol. The van der Waals surface area contributed by atoms with Crippen LogP contribution in [-0.2, 0) is 14.3 Å². The van der Waals surface area contributed by atoms with Crippen LogP contribution in [0.15, 0.2) is 47.8 Å². The number of anilines is 1. The van der Waals surface area contributed by atoms with Gasteiger partial charge in [-0.2, -0.15) is 0 Å². The van der Waals surface area contributed by atoms with Crippen molar-refractivity contribution in [1.82, 2.24) is 20.4 Å². The van der Waals surface area contributed by atoms with Gasteiger partial charge in [0.25, 0.3) is 0 Å². The smallest absolute Gasteiger partial charge is 0.309 e. The predicted octanol–water partition coefficient (Wildman–Crippen LogP) is 1.56. The highest BCUT2D eigenvalue weighted by molar-refractivity contribution is 7.10. The third-order valence-corrected chi connectivity index (χ3v) is 7.46. The molecule has 184 valence electrons. The SMILES string of the molecule is C[C@H](NC(=O)C(=O)NCCN1CCOCC1)[C@@H](c1cccs1)N1CCN(c2ccccc2)CC1. The molecule has 9 heteroatoms. The minimum Gasteiger partial charge on any atom is -0.379 e. The monoisotopic (exact) mass is 485 g/mol. The molecular formula is C25H35N5O3S. The molecule has 2 aliphatic heterocycles. The lowest BCUT2D eigenvalue weighted by Gasteiger charge is -2.42. The quantitative estimate of drug-likeness (QED) is 0.553. The number of morpholine rings is 1. The number of nitrogens with one attached hydrogen (secondary N) is 2. The third-order valence-electron chi connectivity index (χ3n) is 6.52. The van der Waals surface area contributed by atoms with Gasteiger partial charge in [0, 0.05) is 69.0 Å². The molecule has 2 fully saturated rings. The summed E-state index contributed by atoms with van der Waals surface area (Å²) in [6, 6.07) is 14.5. The summed E-state index contributed by atoms with van der Waals surface area (Å²) in [5.41, 5.74) is 1.24. The van der Waals surface area contributed by atoms with E-state index in [9.17, 15) is 9.59 Å². The maximum absolute atomic E-state index is 12.6. The van der Waals surface area contributed by atoms with Gasteiger partial charge in [-0.3, -0.25) is 19.4 Å². The number of thiophene rings is 1. The van der Waals surface area contributed by atoms with Gasteiger partial charge in [0.15, 0.2) is 0 Å². The first-order valence-electron chi connectivity index (χ1n) is 12.1. The van der Waals surface area contributed by atoms with Crippen LogP contribution in [0, 0.1) is 0 Å². The maximum Gasteiger partial charge on any atom is 0.309 e. The van der Waals surface area contributed by atoms with E-state index in [1.165, 1.54) is 10.6 Å². The third kappa shape index (κ3) is 6.56. The summed E-state index contributed by atoms with van der Waals surface area (Å²) in [5.74, 6) is -1.14. The summed E-state index contributed by atoms with van der Waals surface area (Å²) in [6.07, 6.45) is 0. The van der Waals surface area contributed by atoms with Crippen LogP contribution >= 0.6 is 11.3 Å². The Balaban J connectivity index is 1.30. The Labute approximate surface area is 205 Å². The minimum atomic E-state index is -0.570. The van der Waals surface area contributed by atoms with E-state index in [1.54, 1.807) is 11.3 Å². The lowest BCUT2D eigenvalue weighted by molar-refractivity contribution is -0.139. The maximum atomic E-state index is 12.6. The number of hydrogen-bond donors (Lipinski definition) is 2. The molecule has 8 nitrogen and oxygen atoms in total. The van der Waals surface area contributed by atoms with Crippen molar-refractivity contribution in [3.63, 3.8) is 0 Å². The molecule has 3 heterocycles. The van der Waals surface area contributed by atoms with Crippen LogP contribution in [-0.4, -0.2) is 93.2 Å². The summed E-state index contributed by atoms with van der Waals surface area (Å²) >= 11 is 1.69. The van der Waals surface area contributed by atoms with Crippen LogP contribution in [0.3, 0.4) is 0 Å². The van der Waals surface area contributed by atoms with E-state index in [-0.39, 0.29) is 12.1 Å².